The highest BCUT2D eigenvalue weighted by atomic mass is 35.5. The second kappa shape index (κ2) is 11.0. The van der Waals surface area contributed by atoms with Crippen molar-refractivity contribution >= 4 is 30.1 Å². The molecule has 0 bridgehead atoms. The molecular formula is C24H30ClN3O3. The zero-order chi connectivity index (χ0) is 21.7. The predicted octanol–water partition coefficient (Wildman–Crippen LogP) is 4.30. The summed E-state index contributed by atoms with van der Waals surface area (Å²) >= 11 is 0. The molecule has 4 N–H and O–H groups in total. The summed E-state index contributed by atoms with van der Waals surface area (Å²) in [5.74, 6) is -0.239. The summed E-state index contributed by atoms with van der Waals surface area (Å²) in [5.41, 5.74) is 8.77. The number of hydrogen-bond acceptors (Lipinski definition) is 4. The predicted molar refractivity (Wildman–Crippen MR) is 125 cm³/mol. The molecule has 0 aromatic heterocycles. The molecule has 0 saturated heterocycles. The zero-order valence-corrected chi connectivity index (χ0v) is 18.7. The lowest BCUT2D eigenvalue weighted by Crippen LogP contribution is -2.39. The van der Waals surface area contributed by atoms with Crippen LogP contribution in [0.2, 0.25) is 0 Å². The highest BCUT2D eigenvalue weighted by Gasteiger charge is 2.28. The Kier molecular flexibility index (Phi) is 8.63. The molecular weight excluding hydrogens is 414 g/mol. The maximum atomic E-state index is 12.6. The summed E-state index contributed by atoms with van der Waals surface area (Å²) < 4.78 is 5.30. The molecule has 1 fully saturated rings. The van der Waals surface area contributed by atoms with Crippen molar-refractivity contribution < 1.29 is 14.3 Å². The number of hydrogen-bond donors (Lipinski definition) is 3. The van der Waals surface area contributed by atoms with E-state index in [1.165, 1.54) is 0 Å². The minimum atomic E-state index is -0.123. The van der Waals surface area contributed by atoms with Gasteiger partial charge >= 0.3 is 5.97 Å². The Bertz CT molecular complexity index is 903. The van der Waals surface area contributed by atoms with E-state index < -0.39 is 0 Å². The maximum Gasteiger partial charge on any atom is 0.309 e. The van der Waals surface area contributed by atoms with Crippen molar-refractivity contribution in [3.8, 4) is 11.1 Å². The molecule has 166 valence electrons. The number of nitrogen functional groups attached to an aromatic ring is 1. The van der Waals surface area contributed by atoms with Gasteiger partial charge in [-0.05, 0) is 62.8 Å². The van der Waals surface area contributed by atoms with Gasteiger partial charge in [-0.15, -0.1) is 12.4 Å². The second-order valence-electron chi connectivity index (χ2n) is 8.08. The van der Waals surface area contributed by atoms with Crippen LogP contribution >= 0.6 is 12.4 Å². The van der Waals surface area contributed by atoms with E-state index in [2.05, 4.69) is 5.32 Å². The molecule has 3 rings (SSSR count). The highest BCUT2D eigenvalue weighted by molar-refractivity contribution is 5.96. The molecule has 0 spiro atoms. The Labute approximate surface area is 189 Å². The molecule has 0 unspecified atom stereocenters. The largest absolute Gasteiger partial charge is 0.463 e. The summed E-state index contributed by atoms with van der Waals surface area (Å²) in [6.45, 7) is 3.71. The topological polar surface area (TPSA) is 105 Å². The standard InChI is InChI=1S/C24H29N3O3.ClH/c1-15(2)30-24(29)20-11-13-21(14-12-20)27-23(28)19-9-5-17(6-10-19)16-3-7-18(8-4-16)22(25)26;/h3-10,15,20-21H,11-14H2,1-2H3,(H3,25,26)(H,27,28);1H. The number of benzene rings is 2. The summed E-state index contributed by atoms with van der Waals surface area (Å²) in [7, 11) is 0. The van der Waals surface area contributed by atoms with E-state index in [4.69, 9.17) is 15.9 Å². The monoisotopic (exact) mass is 443 g/mol. The minimum Gasteiger partial charge on any atom is -0.463 e. The molecule has 31 heavy (non-hydrogen) atoms. The van der Waals surface area contributed by atoms with Crippen LogP contribution in [-0.4, -0.2) is 29.9 Å². The van der Waals surface area contributed by atoms with Crippen LogP contribution in [0.15, 0.2) is 48.5 Å². The fourth-order valence-corrected chi connectivity index (χ4v) is 3.73. The highest BCUT2D eigenvalue weighted by Crippen LogP contribution is 2.26. The Morgan fingerprint density at radius 3 is 1.87 bits per heavy atom. The van der Waals surface area contributed by atoms with Crippen LogP contribution in [0.3, 0.4) is 0 Å². The number of carbonyl (C=O) groups excluding carboxylic acids is 2. The number of ether oxygens (including phenoxy) is 1. The fourth-order valence-electron chi connectivity index (χ4n) is 3.73. The molecule has 1 saturated carbocycles. The van der Waals surface area contributed by atoms with Crippen LogP contribution in [0, 0.1) is 11.3 Å². The number of amidine groups is 1. The molecule has 2 aromatic rings. The molecule has 2 aromatic carbocycles. The molecule has 0 radical (unpaired) electrons. The van der Waals surface area contributed by atoms with Gasteiger partial charge in [-0.1, -0.05) is 36.4 Å². The number of carbonyl (C=O) groups is 2. The van der Waals surface area contributed by atoms with Gasteiger partial charge in [0.2, 0.25) is 0 Å². The Hall–Kier alpha value is -2.86. The van der Waals surface area contributed by atoms with Gasteiger partial charge in [0.15, 0.2) is 0 Å². The third-order valence-corrected chi connectivity index (χ3v) is 5.42. The number of esters is 1. The minimum absolute atomic E-state index is 0. The van der Waals surface area contributed by atoms with E-state index in [9.17, 15) is 9.59 Å². The first-order valence-electron chi connectivity index (χ1n) is 10.4. The van der Waals surface area contributed by atoms with Crippen LogP contribution < -0.4 is 11.1 Å². The SMILES string of the molecule is CC(C)OC(=O)C1CCC(NC(=O)c2ccc(-c3ccc(C(=N)N)cc3)cc2)CC1.Cl. The van der Waals surface area contributed by atoms with Gasteiger partial charge in [0.25, 0.3) is 5.91 Å². The lowest BCUT2D eigenvalue weighted by atomic mass is 9.86. The van der Waals surface area contributed by atoms with E-state index in [-0.39, 0.29) is 48.2 Å². The quantitative estimate of drug-likeness (QED) is 0.351. The van der Waals surface area contributed by atoms with E-state index >= 15 is 0 Å². The number of nitrogens with one attached hydrogen (secondary N) is 2. The van der Waals surface area contributed by atoms with Crippen LogP contribution in [-0.2, 0) is 9.53 Å². The van der Waals surface area contributed by atoms with Gasteiger partial charge in [-0.25, -0.2) is 0 Å². The Balaban J connectivity index is 0.00000341. The molecule has 0 heterocycles. The normalized spacial score (nSPS) is 18.0. The lowest BCUT2D eigenvalue weighted by Gasteiger charge is -2.28. The molecule has 1 aliphatic carbocycles. The third-order valence-electron chi connectivity index (χ3n) is 5.42. The van der Waals surface area contributed by atoms with E-state index in [1.54, 1.807) is 0 Å². The van der Waals surface area contributed by atoms with Gasteiger partial charge < -0.3 is 15.8 Å². The molecule has 1 aliphatic rings. The van der Waals surface area contributed by atoms with Crippen molar-refractivity contribution in [1.82, 2.24) is 5.32 Å². The van der Waals surface area contributed by atoms with Crippen molar-refractivity contribution in [1.29, 1.82) is 5.41 Å². The summed E-state index contributed by atoms with van der Waals surface area (Å²) in [5, 5.41) is 10.5. The van der Waals surface area contributed by atoms with Gasteiger partial charge in [0.05, 0.1) is 12.0 Å². The summed E-state index contributed by atoms with van der Waals surface area (Å²) in [4.78, 5) is 24.6. The van der Waals surface area contributed by atoms with Crippen LogP contribution in [0.5, 0.6) is 0 Å². The Morgan fingerprint density at radius 1 is 0.935 bits per heavy atom. The summed E-state index contributed by atoms with van der Waals surface area (Å²) in [6, 6.07) is 15.0. The molecule has 1 amide bonds. The van der Waals surface area contributed by atoms with Crippen molar-refractivity contribution in [3.63, 3.8) is 0 Å². The number of halogens is 1. The van der Waals surface area contributed by atoms with E-state index in [1.807, 2.05) is 62.4 Å². The van der Waals surface area contributed by atoms with Crippen molar-refractivity contribution in [2.45, 2.75) is 51.7 Å². The van der Waals surface area contributed by atoms with Crippen LogP contribution in [0.1, 0.15) is 55.5 Å². The van der Waals surface area contributed by atoms with Gasteiger partial charge in [0.1, 0.15) is 5.84 Å². The average molecular weight is 444 g/mol. The van der Waals surface area contributed by atoms with Crippen LogP contribution in [0.4, 0.5) is 0 Å². The van der Waals surface area contributed by atoms with E-state index in [0.29, 0.717) is 11.1 Å². The fraction of sp³-hybridized carbons (Fsp3) is 0.375. The van der Waals surface area contributed by atoms with Crippen molar-refractivity contribution in [2.75, 3.05) is 0 Å². The molecule has 6 nitrogen and oxygen atoms in total. The molecule has 7 heteroatoms. The van der Waals surface area contributed by atoms with Gasteiger partial charge in [0, 0.05) is 17.2 Å². The molecule has 0 aliphatic heterocycles. The third kappa shape index (κ3) is 6.56. The smallest absolute Gasteiger partial charge is 0.309 e. The van der Waals surface area contributed by atoms with E-state index in [0.717, 1.165) is 36.8 Å². The maximum absolute atomic E-state index is 12.6. The van der Waals surface area contributed by atoms with Gasteiger partial charge in [-0.2, -0.15) is 0 Å². The van der Waals surface area contributed by atoms with Crippen molar-refractivity contribution in [2.24, 2.45) is 11.7 Å². The average Bonchev–Trinajstić information content (AvgIpc) is 2.74. The molecule has 0 atom stereocenters. The number of amides is 1. The first-order chi connectivity index (χ1) is 14.3. The number of nitrogens with two attached hydrogens (primary N) is 1. The summed E-state index contributed by atoms with van der Waals surface area (Å²) in [6.07, 6.45) is 2.95. The van der Waals surface area contributed by atoms with Crippen LogP contribution in [0.25, 0.3) is 11.1 Å². The first kappa shape index (κ1) is 24.4. The first-order valence-corrected chi connectivity index (χ1v) is 10.4. The lowest BCUT2D eigenvalue weighted by molar-refractivity contribution is -0.153. The zero-order valence-electron chi connectivity index (χ0n) is 17.9. The van der Waals surface area contributed by atoms with Gasteiger partial charge in [-0.3, -0.25) is 15.0 Å². The second-order valence-corrected chi connectivity index (χ2v) is 8.08. The Morgan fingerprint density at radius 2 is 1.42 bits per heavy atom. The number of rotatable bonds is 6. The van der Waals surface area contributed by atoms with Crippen molar-refractivity contribution in [3.05, 3.63) is 59.7 Å².